The summed E-state index contributed by atoms with van der Waals surface area (Å²) in [7, 11) is 2.20. The van der Waals surface area contributed by atoms with Gasteiger partial charge in [0, 0.05) is 67.6 Å². The summed E-state index contributed by atoms with van der Waals surface area (Å²) in [6.45, 7) is 6.80. The van der Waals surface area contributed by atoms with E-state index >= 15 is 0 Å². The van der Waals surface area contributed by atoms with Gasteiger partial charge in [0.2, 0.25) is 0 Å². The van der Waals surface area contributed by atoms with Crippen molar-refractivity contribution in [3.63, 3.8) is 0 Å². The molecule has 1 aliphatic carbocycles. The number of nitrogens with two attached hydrogens (primary N) is 2. The molecule has 0 bridgehead atoms. The lowest BCUT2D eigenvalue weighted by atomic mass is 9.82. The number of fused-ring (bicyclic) bond motifs is 12. The van der Waals surface area contributed by atoms with Crippen molar-refractivity contribution in [2.45, 2.75) is 26.2 Å². The van der Waals surface area contributed by atoms with Crippen molar-refractivity contribution in [3.05, 3.63) is 258 Å². The maximum Gasteiger partial charge on any atom is 0.137 e. The van der Waals surface area contributed by atoms with Crippen molar-refractivity contribution in [2.24, 2.45) is 18.7 Å². The van der Waals surface area contributed by atoms with Crippen LogP contribution in [-0.4, -0.2) is 14.8 Å². The number of para-hydroxylation sites is 2. The first kappa shape index (κ1) is 45.6. The molecule has 0 spiro atoms. The number of nitrogens with zero attached hydrogens (tertiary/aromatic N) is 2. The van der Waals surface area contributed by atoms with Gasteiger partial charge in [-0.3, -0.25) is 17.1 Å². The number of rotatable bonds is 4. The zero-order chi connectivity index (χ0) is 49.5. The molecule has 72 heavy (non-hydrogen) atoms. The Labute approximate surface area is 419 Å². The summed E-state index contributed by atoms with van der Waals surface area (Å²) in [5.41, 5.74) is 19.6. The van der Waals surface area contributed by atoms with Gasteiger partial charge in [0.1, 0.15) is 11.2 Å². The third-order valence-corrected chi connectivity index (χ3v) is 14.4. The lowest BCUT2D eigenvalue weighted by Gasteiger charge is -2.21. The Kier molecular flexibility index (Phi) is 11.9. The fourth-order valence-electron chi connectivity index (χ4n) is 10.8. The molecule has 3 heterocycles. The predicted octanol–water partition coefficient (Wildman–Crippen LogP) is 16.2. The Morgan fingerprint density at radius 1 is 0.431 bits per heavy atom. The SMILES string of the molecule is Cc1ccccc1.Cn1c2ccc(-c3ccc4c5cc6c(cc5n(-c5ccccc5)c4c3)oc3ccccc36)cc2c2cc3c(cc21)C(C)(C)c1ccccc1-3.N=C(c1ccccc1)c1ccccc1.NN. The van der Waals surface area contributed by atoms with Crippen LogP contribution < -0.4 is 11.7 Å². The van der Waals surface area contributed by atoms with Crippen LogP contribution in [0.15, 0.2) is 235 Å². The zero-order valence-electron chi connectivity index (χ0n) is 40.9. The maximum atomic E-state index is 7.97. The summed E-state index contributed by atoms with van der Waals surface area (Å²) >= 11 is 0. The Bertz CT molecular complexity index is 4070. The van der Waals surface area contributed by atoms with Crippen LogP contribution in [0.5, 0.6) is 0 Å². The molecular formula is C66H55N5O. The molecule has 0 amide bonds. The summed E-state index contributed by atoms with van der Waals surface area (Å²) in [6, 6.07) is 81.1. The lowest BCUT2D eigenvalue weighted by molar-refractivity contribution is 0.661. The number of aryl methyl sites for hydroxylation is 2. The van der Waals surface area contributed by atoms with Crippen molar-refractivity contribution in [1.29, 1.82) is 5.41 Å². The van der Waals surface area contributed by atoms with Crippen LogP contribution in [0.3, 0.4) is 0 Å². The average molecular weight is 934 g/mol. The van der Waals surface area contributed by atoms with Gasteiger partial charge in [-0.05, 0) is 106 Å². The van der Waals surface area contributed by atoms with E-state index in [1.165, 1.54) is 77.0 Å². The fourth-order valence-corrected chi connectivity index (χ4v) is 10.8. The summed E-state index contributed by atoms with van der Waals surface area (Å²) in [5.74, 6) is 8.00. The van der Waals surface area contributed by atoms with E-state index in [2.05, 4.69) is 194 Å². The number of hydrogen-bond acceptors (Lipinski definition) is 4. The van der Waals surface area contributed by atoms with Crippen LogP contribution in [0, 0.1) is 12.3 Å². The predicted molar refractivity (Wildman–Crippen MR) is 303 cm³/mol. The number of benzene rings is 10. The second-order valence-electron chi connectivity index (χ2n) is 19.0. The van der Waals surface area contributed by atoms with Crippen molar-refractivity contribution in [3.8, 4) is 27.9 Å². The first-order valence-corrected chi connectivity index (χ1v) is 24.4. The lowest BCUT2D eigenvalue weighted by Crippen LogP contribution is -2.14. The highest BCUT2D eigenvalue weighted by Crippen LogP contribution is 2.51. The first-order valence-electron chi connectivity index (χ1n) is 24.4. The number of nitrogens with one attached hydrogen (secondary N) is 1. The smallest absolute Gasteiger partial charge is 0.137 e. The van der Waals surface area contributed by atoms with Crippen LogP contribution in [0.1, 0.15) is 41.7 Å². The summed E-state index contributed by atoms with van der Waals surface area (Å²) in [5, 5.41) is 15.3. The highest BCUT2D eigenvalue weighted by Gasteiger charge is 2.36. The molecule has 3 aromatic heterocycles. The monoisotopic (exact) mass is 933 g/mol. The van der Waals surface area contributed by atoms with Crippen LogP contribution in [0.2, 0.25) is 0 Å². The quantitative estimate of drug-likeness (QED) is 0.0931. The van der Waals surface area contributed by atoms with Crippen LogP contribution in [0.25, 0.3) is 93.5 Å². The molecule has 6 heteroatoms. The number of furan rings is 1. The van der Waals surface area contributed by atoms with Gasteiger partial charge < -0.3 is 13.6 Å². The molecule has 0 saturated carbocycles. The molecular weight excluding hydrogens is 879 g/mol. The van der Waals surface area contributed by atoms with Gasteiger partial charge in [-0.1, -0.05) is 189 Å². The summed E-state index contributed by atoms with van der Waals surface area (Å²) < 4.78 is 11.1. The van der Waals surface area contributed by atoms with Crippen LogP contribution in [-0.2, 0) is 12.5 Å². The molecule has 0 unspecified atom stereocenters. The standard InChI is InChI=1S/C46H32N2O.C13H11N.C7H8.H4N2/c1-46(2)38-15-9-7-13-30(38)33-23-36-34-21-27(18-20-40(34)47(3)41(36)25-39(33)46)28-17-19-31-35-24-37-32-14-8-10-16-44(32)49-45(37)26-43(35)48(42(31)22-28)29-11-5-4-6-12-29;14-13(11-7-3-1-4-8-11)12-9-5-2-6-10-12;1-7-5-3-2-4-6-7;1-2/h4-26H,1-3H3;1-10,14H;2-6H,1H3;1-2H2. The van der Waals surface area contributed by atoms with Crippen molar-refractivity contribution < 1.29 is 4.42 Å². The summed E-state index contributed by atoms with van der Waals surface area (Å²) in [4.78, 5) is 0. The van der Waals surface area contributed by atoms with E-state index in [1.807, 2.05) is 84.9 Å². The molecule has 350 valence electrons. The minimum absolute atomic E-state index is 0.0238. The molecule has 0 saturated heterocycles. The molecule has 0 fully saturated rings. The highest BCUT2D eigenvalue weighted by atomic mass is 16.3. The maximum absolute atomic E-state index is 7.97. The van der Waals surface area contributed by atoms with Gasteiger partial charge in [-0.2, -0.15) is 0 Å². The van der Waals surface area contributed by atoms with E-state index in [0.29, 0.717) is 5.71 Å². The highest BCUT2D eigenvalue weighted by molar-refractivity contribution is 6.18. The van der Waals surface area contributed by atoms with Crippen LogP contribution in [0.4, 0.5) is 0 Å². The van der Waals surface area contributed by atoms with Gasteiger partial charge >= 0.3 is 0 Å². The number of hydrazine groups is 1. The van der Waals surface area contributed by atoms with E-state index in [0.717, 1.165) is 44.3 Å². The molecule has 5 N–H and O–H groups in total. The molecule has 6 nitrogen and oxygen atoms in total. The molecule has 1 aliphatic rings. The normalized spacial score (nSPS) is 12.2. The Morgan fingerprint density at radius 3 is 1.67 bits per heavy atom. The van der Waals surface area contributed by atoms with Gasteiger partial charge in [-0.25, -0.2) is 0 Å². The van der Waals surface area contributed by atoms with E-state index in [1.54, 1.807) is 0 Å². The van der Waals surface area contributed by atoms with E-state index < -0.39 is 0 Å². The largest absolute Gasteiger partial charge is 0.456 e. The first-order chi connectivity index (χ1) is 35.2. The third-order valence-electron chi connectivity index (χ3n) is 14.4. The minimum Gasteiger partial charge on any atom is -0.456 e. The molecule has 14 rings (SSSR count). The Morgan fingerprint density at radius 2 is 0.986 bits per heavy atom. The number of hydrogen-bond donors (Lipinski definition) is 3. The Balaban J connectivity index is 0.000000201. The minimum atomic E-state index is -0.0238. The molecule has 13 aromatic rings. The van der Waals surface area contributed by atoms with E-state index in [9.17, 15) is 0 Å². The Hall–Kier alpha value is -8.81. The third kappa shape index (κ3) is 7.93. The van der Waals surface area contributed by atoms with Gasteiger partial charge in [0.25, 0.3) is 0 Å². The second-order valence-corrected chi connectivity index (χ2v) is 19.0. The van der Waals surface area contributed by atoms with Crippen LogP contribution >= 0.6 is 0 Å². The van der Waals surface area contributed by atoms with Crippen molar-refractivity contribution in [2.75, 3.05) is 0 Å². The topological polar surface area (TPSA) is 98.9 Å². The van der Waals surface area contributed by atoms with E-state index in [-0.39, 0.29) is 5.41 Å². The second kappa shape index (κ2) is 18.8. The number of aromatic nitrogens is 2. The molecule has 10 aromatic carbocycles. The molecule has 0 aliphatic heterocycles. The van der Waals surface area contributed by atoms with Gasteiger partial charge in [-0.15, -0.1) is 0 Å². The van der Waals surface area contributed by atoms with Crippen molar-refractivity contribution >= 4 is 71.3 Å². The van der Waals surface area contributed by atoms with Crippen molar-refractivity contribution in [1.82, 2.24) is 9.13 Å². The molecule has 0 radical (unpaired) electrons. The van der Waals surface area contributed by atoms with Gasteiger partial charge in [0.15, 0.2) is 0 Å². The fraction of sp³-hybridized carbons (Fsp3) is 0.0758. The summed E-state index contributed by atoms with van der Waals surface area (Å²) in [6.07, 6.45) is 0. The van der Waals surface area contributed by atoms with E-state index in [4.69, 9.17) is 9.83 Å². The van der Waals surface area contributed by atoms with Gasteiger partial charge in [0.05, 0.1) is 16.7 Å². The zero-order valence-corrected chi connectivity index (χ0v) is 40.9. The molecule has 0 atom stereocenters. The average Bonchev–Trinajstić information content (AvgIpc) is 4.12.